The molecule has 3 aliphatic rings. The second-order valence-corrected chi connectivity index (χ2v) is 13.1. The van der Waals surface area contributed by atoms with Crippen LogP contribution < -0.4 is 9.64 Å². The quantitative estimate of drug-likeness (QED) is 0.197. The molecule has 1 atom stereocenters. The molecule has 0 N–H and O–H groups in total. The number of aromatic nitrogens is 2. The maximum atomic E-state index is 17.0. The normalized spacial score (nSPS) is 19.4. The molecule has 3 aromatic carbocycles. The Hall–Kier alpha value is -3.97. The number of piperazine rings is 1. The number of amides is 1. The highest BCUT2D eigenvalue weighted by atomic mass is 35.5. The van der Waals surface area contributed by atoms with Crippen LogP contribution >= 0.6 is 23.2 Å². The number of hydrogen-bond donors (Lipinski definition) is 0. The van der Waals surface area contributed by atoms with Crippen molar-refractivity contribution >= 4 is 56.6 Å². The standard InChI is InChI=1S/C35H33Cl2FN6O2/c1-2-28(45)44-18-17-42(20-23(44)11-14-39)33-25-19-27(37)30(24-9-3-7-22-8-4-10-26(36)29(22)24)31(38)32(25)40-34(41-33)46-21-35-12-5-15-43(35)16-6-13-35/h2-4,7-10,19,23H,1,5-6,11-13,15-18,20-21H2/t23-/m0/s1. The number of ether oxygens (including phenoxy) is 1. The molecule has 46 heavy (non-hydrogen) atoms. The maximum absolute atomic E-state index is 17.0. The van der Waals surface area contributed by atoms with Crippen molar-refractivity contribution in [3.8, 4) is 23.2 Å². The Labute approximate surface area is 277 Å². The molecule has 11 heteroatoms. The summed E-state index contributed by atoms with van der Waals surface area (Å²) >= 11 is 13.6. The summed E-state index contributed by atoms with van der Waals surface area (Å²) in [6, 6.07) is 14.7. The van der Waals surface area contributed by atoms with Crippen molar-refractivity contribution in [1.82, 2.24) is 19.8 Å². The molecule has 0 aliphatic carbocycles. The van der Waals surface area contributed by atoms with Gasteiger partial charge in [-0.2, -0.15) is 15.2 Å². The third-order valence-electron chi connectivity index (χ3n) is 9.81. The summed E-state index contributed by atoms with van der Waals surface area (Å²) in [5.41, 5.74) is 0.782. The summed E-state index contributed by atoms with van der Waals surface area (Å²) in [6.45, 7) is 7.20. The van der Waals surface area contributed by atoms with E-state index >= 15 is 4.39 Å². The molecule has 0 bridgehead atoms. The van der Waals surface area contributed by atoms with Gasteiger partial charge in [-0.25, -0.2) is 4.39 Å². The van der Waals surface area contributed by atoms with E-state index in [2.05, 4.69) is 22.5 Å². The van der Waals surface area contributed by atoms with Crippen molar-refractivity contribution < 1.29 is 13.9 Å². The first-order valence-electron chi connectivity index (χ1n) is 15.6. The van der Waals surface area contributed by atoms with Crippen LogP contribution in [0, 0.1) is 17.1 Å². The highest BCUT2D eigenvalue weighted by Crippen LogP contribution is 2.43. The van der Waals surface area contributed by atoms with Gasteiger partial charge in [-0.3, -0.25) is 9.69 Å². The molecule has 3 saturated heterocycles. The number of carbonyl (C=O) groups excluding carboxylic acids is 1. The average Bonchev–Trinajstić information content (AvgIpc) is 3.64. The van der Waals surface area contributed by atoms with Gasteiger partial charge in [-0.1, -0.05) is 60.1 Å². The van der Waals surface area contributed by atoms with Crippen molar-refractivity contribution in [2.24, 2.45) is 0 Å². The molecule has 1 amide bonds. The zero-order valence-corrected chi connectivity index (χ0v) is 26.8. The molecule has 236 valence electrons. The Morgan fingerprint density at radius 1 is 1.11 bits per heavy atom. The van der Waals surface area contributed by atoms with E-state index < -0.39 is 11.9 Å². The van der Waals surface area contributed by atoms with Crippen molar-refractivity contribution in [2.75, 3.05) is 44.2 Å². The van der Waals surface area contributed by atoms with E-state index in [1.165, 1.54) is 6.08 Å². The average molecular weight is 660 g/mol. The van der Waals surface area contributed by atoms with Crippen molar-refractivity contribution in [3.63, 3.8) is 0 Å². The summed E-state index contributed by atoms with van der Waals surface area (Å²) in [6.07, 6.45) is 5.70. The third-order valence-corrected chi connectivity index (χ3v) is 10.4. The SMILES string of the molecule is C=CC(=O)N1CCN(c2nc(OCC34CCCN3CCC4)nc3c(F)c(-c4cccc5cccc(Cl)c45)c(Cl)cc23)C[C@@H]1CC#N. The lowest BCUT2D eigenvalue weighted by molar-refractivity contribution is -0.128. The van der Waals surface area contributed by atoms with Gasteiger partial charge in [0, 0.05) is 41.0 Å². The van der Waals surface area contributed by atoms with Gasteiger partial charge in [0.25, 0.3) is 0 Å². The maximum Gasteiger partial charge on any atom is 0.319 e. The fourth-order valence-electron chi connectivity index (χ4n) is 7.61. The first-order valence-corrected chi connectivity index (χ1v) is 16.4. The lowest BCUT2D eigenvalue weighted by Crippen LogP contribution is -2.55. The smallest absolute Gasteiger partial charge is 0.319 e. The van der Waals surface area contributed by atoms with Crippen molar-refractivity contribution in [3.05, 3.63) is 71.0 Å². The number of rotatable bonds is 7. The summed E-state index contributed by atoms with van der Waals surface area (Å²) in [4.78, 5) is 28.2. The van der Waals surface area contributed by atoms with Gasteiger partial charge in [-0.15, -0.1) is 0 Å². The van der Waals surface area contributed by atoms with E-state index in [1.54, 1.807) is 23.1 Å². The summed E-state index contributed by atoms with van der Waals surface area (Å²) < 4.78 is 23.3. The van der Waals surface area contributed by atoms with Gasteiger partial charge in [0.2, 0.25) is 5.91 Å². The summed E-state index contributed by atoms with van der Waals surface area (Å²) in [5.74, 6) is -0.385. The number of fused-ring (bicyclic) bond motifs is 3. The van der Waals surface area contributed by atoms with Gasteiger partial charge in [0.1, 0.15) is 17.9 Å². The number of nitrogens with zero attached hydrogens (tertiary/aromatic N) is 6. The van der Waals surface area contributed by atoms with Crippen LogP contribution in [0.5, 0.6) is 6.01 Å². The number of carbonyl (C=O) groups is 1. The van der Waals surface area contributed by atoms with Gasteiger partial charge in [-0.05, 0) is 67.9 Å². The Morgan fingerprint density at radius 3 is 2.61 bits per heavy atom. The molecule has 0 radical (unpaired) electrons. The van der Waals surface area contributed by atoms with Gasteiger partial charge in [0.05, 0.1) is 29.1 Å². The Morgan fingerprint density at radius 2 is 1.87 bits per heavy atom. The molecule has 1 aromatic heterocycles. The highest BCUT2D eigenvalue weighted by molar-refractivity contribution is 6.38. The molecule has 7 rings (SSSR count). The monoisotopic (exact) mass is 658 g/mol. The molecule has 0 saturated carbocycles. The van der Waals surface area contributed by atoms with Gasteiger partial charge >= 0.3 is 6.01 Å². The van der Waals surface area contributed by atoms with E-state index in [0.717, 1.165) is 44.2 Å². The van der Waals surface area contributed by atoms with Crippen LogP contribution in [-0.2, 0) is 4.79 Å². The first kappa shape index (κ1) is 30.7. The van der Waals surface area contributed by atoms with E-state index in [4.69, 9.17) is 32.9 Å². The molecule has 0 spiro atoms. The van der Waals surface area contributed by atoms with E-state index in [9.17, 15) is 10.1 Å². The third kappa shape index (κ3) is 5.23. The molecule has 4 heterocycles. The van der Waals surface area contributed by atoms with Gasteiger partial charge in [0.15, 0.2) is 5.82 Å². The highest BCUT2D eigenvalue weighted by Gasteiger charge is 2.45. The topological polar surface area (TPSA) is 85.6 Å². The van der Waals surface area contributed by atoms with Crippen molar-refractivity contribution in [1.29, 1.82) is 5.26 Å². The van der Waals surface area contributed by atoms with Crippen LogP contribution in [0.1, 0.15) is 32.1 Å². The van der Waals surface area contributed by atoms with E-state index in [0.29, 0.717) is 53.4 Å². The minimum Gasteiger partial charge on any atom is -0.461 e. The Bertz CT molecular complexity index is 1900. The number of nitriles is 1. The second-order valence-electron chi connectivity index (χ2n) is 12.3. The van der Waals surface area contributed by atoms with Crippen LogP contribution in [0.4, 0.5) is 10.2 Å². The number of hydrogen-bond acceptors (Lipinski definition) is 7. The fraction of sp³-hybridized carbons (Fsp3) is 0.371. The molecule has 4 aromatic rings. The minimum absolute atomic E-state index is 0.0591. The summed E-state index contributed by atoms with van der Waals surface area (Å²) in [5, 5.41) is 12.2. The zero-order chi connectivity index (χ0) is 32.0. The van der Waals surface area contributed by atoms with Crippen LogP contribution in [0.15, 0.2) is 55.1 Å². The number of halogens is 3. The predicted octanol–water partition coefficient (Wildman–Crippen LogP) is 7.02. The predicted molar refractivity (Wildman–Crippen MR) is 179 cm³/mol. The van der Waals surface area contributed by atoms with E-state index in [-0.39, 0.29) is 40.0 Å². The van der Waals surface area contributed by atoms with Crippen LogP contribution in [0.3, 0.4) is 0 Å². The zero-order valence-electron chi connectivity index (χ0n) is 25.3. The lowest BCUT2D eigenvalue weighted by atomic mass is 9.95. The second kappa shape index (κ2) is 12.3. The molecular weight excluding hydrogens is 626 g/mol. The lowest BCUT2D eigenvalue weighted by Gasteiger charge is -2.41. The Kier molecular flexibility index (Phi) is 8.22. The van der Waals surface area contributed by atoms with Gasteiger partial charge < -0.3 is 14.5 Å². The fourth-order valence-corrected chi connectivity index (χ4v) is 8.19. The van der Waals surface area contributed by atoms with Crippen LogP contribution in [0.2, 0.25) is 10.0 Å². The van der Waals surface area contributed by atoms with Crippen LogP contribution in [-0.4, -0.2) is 76.6 Å². The minimum atomic E-state index is -0.598. The van der Waals surface area contributed by atoms with Crippen molar-refractivity contribution in [2.45, 2.75) is 43.7 Å². The number of anilines is 1. The first-order chi connectivity index (χ1) is 22.3. The summed E-state index contributed by atoms with van der Waals surface area (Å²) in [7, 11) is 0. The molecular formula is C35H33Cl2FN6O2. The molecule has 8 nitrogen and oxygen atoms in total. The Balaban J connectivity index is 1.36. The largest absolute Gasteiger partial charge is 0.461 e. The molecule has 0 unspecified atom stereocenters. The molecule has 3 aliphatic heterocycles. The number of benzene rings is 3. The molecule has 3 fully saturated rings. The van der Waals surface area contributed by atoms with Crippen LogP contribution in [0.25, 0.3) is 32.8 Å². The van der Waals surface area contributed by atoms with E-state index in [1.807, 2.05) is 29.2 Å².